The second-order valence-electron chi connectivity index (χ2n) is 10.1. The first kappa shape index (κ1) is 28.1. The first-order valence-corrected chi connectivity index (χ1v) is 13.5. The molecule has 0 aliphatic carbocycles. The van der Waals surface area contributed by atoms with Gasteiger partial charge in [-0.1, -0.05) is 79.5 Å². The number of para-hydroxylation sites is 1. The maximum atomic E-state index is 13.2. The lowest BCUT2D eigenvalue weighted by molar-refractivity contribution is -0.137. The van der Waals surface area contributed by atoms with Crippen LogP contribution in [0.1, 0.15) is 47.4 Å². The fourth-order valence-electron chi connectivity index (χ4n) is 5.12. The summed E-state index contributed by atoms with van der Waals surface area (Å²) in [5, 5.41) is 4.62. The van der Waals surface area contributed by atoms with Crippen LogP contribution in [0.4, 0.5) is 24.5 Å². The van der Waals surface area contributed by atoms with Crippen molar-refractivity contribution >= 4 is 40.9 Å². The average Bonchev–Trinajstić information content (AvgIpc) is 3.30. The van der Waals surface area contributed by atoms with Crippen LogP contribution in [0.15, 0.2) is 79.0 Å². The van der Waals surface area contributed by atoms with Crippen molar-refractivity contribution in [1.29, 1.82) is 0 Å². The molecule has 206 valence electrons. The number of fused-ring (bicyclic) bond motifs is 1. The highest BCUT2D eigenvalue weighted by molar-refractivity contribution is 6.38. The third kappa shape index (κ3) is 5.21. The Bertz CT molecular complexity index is 1560. The smallest absolute Gasteiger partial charge is 0.296 e. The topological polar surface area (TPSA) is 36.4 Å². The van der Waals surface area contributed by atoms with E-state index < -0.39 is 11.7 Å². The van der Waals surface area contributed by atoms with Crippen LogP contribution in [-0.4, -0.2) is 22.8 Å². The summed E-state index contributed by atoms with van der Waals surface area (Å²) in [6, 6.07) is 20.5. The second kappa shape index (κ2) is 10.9. The van der Waals surface area contributed by atoms with Gasteiger partial charge in [0.2, 0.25) is 0 Å². The molecule has 0 saturated carbocycles. The molecule has 5 rings (SSSR count). The van der Waals surface area contributed by atoms with E-state index in [9.17, 15) is 18.0 Å². The van der Waals surface area contributed by atoms with Crippen molar-refractivity contribution in [3.8, 4) is 11.1 Å². The van der Waals surface area contributed by atoms with Crippen molar-refractivity contribution in [3.63, 3.8) is 0 Å². The molecule has 0 fully saturated rings. The van der Waals surface area contributed by atoms with Gasteiger partial charge >= 0.3 is 6.18 Å². The highest BCUT2D eigenvalue weighted by atomic mass is 35.5. The molecule has 0 saturated heterocycles. The normalized spacial score (nSPS) is 15.1. The Morgan fingerprint density at radius 2 is 1.65 bits per heavy atom. The van der Waals surface area contributed by atoms with Gasteiger partial charge in [-0.25, -0.2) is 5.01 Å². The molecule has 4 nitrogen and oxygen atoms in total. The van der Waals surface area contributed by atoms with Crippen LogP contribution in [0, 0.1) is 0 Å². The van der Waals surface area contributed by atoms with Gasteiger partial charge in [-0.2, -0.15) is 13.2 Å². The summed E-state index contributed by atoms with van der Waals surface area (Å²) in [5.74, 6) is 0. The van der Waals surface area contributed by atoms with Crippen LogP contribution in [-0.2, 0) is 18.1 Å². The van der Waals surface area contributed by atoms with E-state index in [1.165, 1.54) is 6.07 Å². The minimum absolute atomic E-state index is 0.0302. The number of pyridine rings is 1. The molecule has 0 radical (unpaired) electrons. The van der Waals surface area contributed by atoms with Gasteiger partial charge in [-0.3, -0.25) is 14.8 Å². The largest absolute Gasteiger partial charge is 0.416 e. The average molecular weight is 584 g/mol. The number of rotatable bonds is 7. The van der Waals surface area contributed by atoms with Crippen molar-refractivity contribution in [2.75, 3.05) is 11.6 Å². The zero-order valence-electron chi connectivity index (χ0n) is 21.8. The van der Waals surface area contributed by atoms with Crippen LogP contribution in [0.3, 0.4) is 0 Å². The molecule has 2 heterocycles. The van der Waals surface area contributed by atoms with E-state index in [0.717, 1.165) is 41.7 Å². The number of hydrogen-bond acceptors (Lipinski definition) is 4. The molecule has 1 aliphatic rings. The lowest BCUT2D eigenvalue weighted by atomic mass is 9.80. The molecule has 40 heavy (non-hydrogen) atoms. The van der Waals surface area contributed by atoms with Gasteiger partial charge in [0.25, 0.3) is 0 Å². The number of benzene rings is 3. The van der Waals surface area contributed by atoms with Crippen LogP contribution in [0.2, 0.25) is 10.0 Å². The molecule has 0 N–H and O–H groups in total. The lowest BCUT2D eigenvalue weighted by Crippen LogP contribution is -2.43. The van der Waals surface area contributed by atoms with Gasteiger partial charge in [0.15, 0.2) is 6.29 Å². The predicted molar refractivity (Wildman–Crippen MR) is 153 cm³/mol. The first-order chi connectivity index (χ1) is 19.1. The summed E-state index contributed by atoms with van der Waals surface area (Å²) in [5.41, 5.74) is 3.98. The van der Waals surface area contributed by atoms with E-state index in [1.54, 1.807) is 18.3 Å². The number of carbonyl (C=O) groups is 1. The third-order valence-corrected chi connectivity index (χ3v) is 8.27. The number of carbonyl (C=O) groups excluding carboxylic acids is 1. The van der Waals surface area contributed by atoms with Gasteiger partial charge in [-0.15, -0.1) is 0 Å². The van der Waals surface area contributed by atoms with Gasteiger partial charge in [0, 0.05) is 40.9 Å². The minimum Gasteiger partial charge on any atom is -0.296 e. The van der Waals surface area contributed by atoms with Crippen LogP contribution < -0.4 is 5.01 Å². The van der Waals surface area contributed by atoms with Crippen molar-refractivity contribution in [2.24, 2.45) is 0 Å². The van der Waals surface area contributed by atoms with Crippen molar-refractivity contribution < 1.29 is 18.0 Å². The van der Waals surface area contributed by atoms with Crippen LogP contribution in [0.5, 0.6) is 0 Å². The Morgan fingerprint density at radius 3 is 2.30 bits per heavy atom. The zero-order valence-corrected chi connectivity index (χ0v) is 23.4. The monoisotopic (exact) mass is 583 g/mol. The highest BCUT2D eigenvalue weighted by Gasteiger charge is 2.37. The van der Waals surface area contributed by atoms with E-state index in [2.05, 4.69) is 34.9 Å². The number of alkyl halides is 3. The number of aldehydes is 1. The third-order valence-electron chi connectivity index (χ3n) is 7.56. The minimum atomic E-state index is -4.50. The Hall–Kier alpha value is -3.39. The van der Waals surface area contributed by atoms with E-state index in [1.807, 2.05) is 36.4 Å². The standard InChI is InChI=1S/C31H26Cl2F3N3O/c1-3-30(2,22-11-13-23(18-40)37-16-22)19-38-17-20-7-4-5-9-27(20)39(38)28-10-6-8-25(29(28)33)24-14-12-21(15-26(24)32)31(34,35)36/h4-16,18H,3,17,19H2,1-2H3. The molecule has 0 spiro atoms. The van der Waals surface area contributed by atoms with E-state index in [4.69, 9.17) is 23.2 Å². The summed E-state index contributed by atoms with van der Waals surface area (Å²) in [6.07, 6.45) is -1.21. The SMILES string of the molecule is CCC(C)(CN1Cc2ccccc2N1c1cccc(-c2ccc(C(F)(F)F)cc2Cl)c1Cl)c1ccc(C=O)nc1. The molecule has 3 aromatic carbocycles. The number of halogens is 5. The zero-order chi connectivity index (χ0) is 28.7. The van der Waals surface area contributed by atoms with Crippen LogP contribution >= 0.6 is 23.2 Å². The highest BCUT2D eigenvalue weighted by Crippen LogP contribution is 2.46. The molecular formula is C31H26Cl2F3N3O. The van der Waals surface area contributed by atoms with Crippen molar-refractivity contribution in [1.82, 2.24) is 9.99 Å². The van der Waals surface area contributed by atoms with Gasteiger partial charge in [0.1, 0.15) is 5.69 Å². The number of anilines is 2. The Morgan fingerprint density at radius 1 is 0.925 bits per heavy atom. The molecule has 1 atom stereocenters. The lowest BCUT2D eigenvalue weighted by Gasteiger charge is -2.39. The number of nitrogens with zero attached hydrogens (tertiary/aromatic N) is 3. The van der Waals surface area contributed by atoms with Gasteiger partial charge in [0.05, 0.1) is 22.0 Å². The fraction of sp³-hybridized carbons (Fsp3) is 0.226. The van der Waals surface area contributed by atoms with E-state index in [0.29, 0.717) is 40.6 Å². The Kier molecular flexibility index (Phi) is 7.66. The van der Waals surface area contributed by atoms with Crippen molar-refractivity contribution in [3.05, 3.63) is 111 Å². The molecular weight excluding hydrogens is 558 g/mol. The Labute approximate surface area is 240 Å². The van der Waals surface area contributed by atoms with E-state index in [-0.39, 0.29) is 10.4 Å². The number of aromatic nitrogens is 1. The molecule has 1 aromatic heterocycles. The molecule has 0 bridgehead atoms. The summed E-state index contributed by atoms with van der Waals surface area (Å²) >= 11 is 13.4. The van der Waals surface area contributed by atoms with Crippen molar-refractivity contribution in [2.45, 2.75) is 38.4 Å². The van der Waals surface area contributed by atoms with E-state index >= 15 is 0 Å². The maximum Gasteiger partial charge on any atom is 0.416 e. The fourth-order valence-corrected chi connectivity index (χ4v) is 5.71. The quantitative estimate of drug-likeness (QED) is 0.203. The molecule has 9 heteroatoms. The molecule has 0 amide bonds. The summed E-state index contributed by atoms with van der Waals surface area (Å²) in [7, 11) is 0. The summed E-state index contributed by atoms with van der Waals surface area (Å²) < 4.78 is 39.7. The Balaban J connectivity index is 1.57. The first-order valence-electron chi connectivity index (χ1n) is 12.8. The predicted octanol–water partition coefficient (Wildman–Crippen LogP) is 9.12. The second-order valence-corrected chi connectivity index (χ2v) is 10.9. The summed E-state index contributed by atoms with van der Waals surface area (Å²) in [4.78, 5) is 15.4. The van der Waals surface area contributed by atoms with Gasteiger partial charge < -0.3 is 0 Å². The van der Waals surface area contributed by atoms with Crippen LogP contribution in [0.25, 0.3) is 11.1 Å². The summed E-state index contributed by atoms with van der Waals surface area (Å²) in [6.45, 7) is 5.52. The number of hydrazine groups is 1. The maximum absolute atomic E-state index is 13.2. The van der Waals surface area contributed by atoms with Gasteiger partial charge in [-0.05, 0) is 47.9 Å². The molecule has 1 unspecified atom stereocenters. The molecule has 1 aliphatic heterocycles. The number of hydrogen-bond donors (Lipinski definition) is 0. The molecule has 4 aromatic rings.